The molecule has 33 heavy (non-hydrogen) atoms. The van der Waals surface area contributed by atoms with Crippen molar-refractivity contribution < 1.29 is 29.1 Å². The standard InChI is InChI=1S/C21H30N6O6/c22-8-4-3-7-16(20(31)25-11-19(29)30)27-21(32)17(26-18(28)12-33-23)9-13-10-24-15-6-2-1-5-14(13)15/h1-2,5-6,10,16-17,24H,3-4,7-9,11-12,22-23H2,(H,25,31)(H,26,28)(H,27,32)(H,29,30)/t16-,17-/m0/s1. The number of hydrogen-bond donors (Lipinski definition) is 7. The van der Waals surface area contributed by atoms with Crippen molar-refractivity contribution in [1.82, 2.24) is 20.9 Å². The molecule has 0 unspecified atom stereocenters. The van der Waals surface area contributed by atoms with E-state index in [2.05, 4.69) is 25.8 Å². The van der Waals surface area contributed by atoms with Crippen molar-refractivity contribution in [2.75, 3.05) is 19.7 Å². The number of unbranched alkanes of at least 4 members (excludes halogenated alkanes) is 1. The van der Waals surface area contributed by atoms with Crippen LogP contribution < -0.4 is 27.6 Å². The number of carboxylic acid groups (broad SMARTS) is 1. The summed E-state index contributed by atoms with van der Waals surface area (Å²) in [7, 11) is 0. The number of benzene rings is 1. The van der Waals surface area contributed by atoms with Gasteiger partial charge < -0.3 is 31.8 Å². The summed E-state index contributed by atoms with van der Waals surface area (Å²) in [5.41, 5.74) is 7.16. The molecule has 0 radical (unpaired) electrons. The Balaban J connectivity index is 2.19. The predicted octanol–water partition coefficient (Wildman–Crippen LogP) is -1.10. The van der Waals surface area contributed by atoms with Gasteiger partial charge in [-0.1, -0.05) is 18.2 Å². The molecule has 0 bridgehead atoms. The third-order valence-electron chi connectivity index (χ3n) is 4.96. The smallest absolute Gasteiger partial charge is 0.322 e. The second-order valence-electron chi connectivity index (χ2n) is 7.45. The zero-order valence-corrected chi connectivity index (χ0v) is 18.1. The fourth-order valence-electron chi connectivity index (χ4n) is 3.36. The van der Waals surface area contributed by atoms with E-state index in [9.17, 15) is 19.2 Å². The van der Waals surface area contributed by atoms with E-state index in [4.69, 9.17) is 16.7 Å². The van der Waals surface area contributed by atoms with Crippen molar-refractivity contribution in [3.63, 3.8) is 0 Å². The van der Waals surface area contributed by atoms with Crippen LogP contribution in [0.15, 0.2) is 30.5 Å². The van der Waals surface area contributed by atoms with Gasteiger partial charge in [0.25, 0.3) is 0 Å². The average molecular weight is 463 g/mol. The molecule has 0 fully saturated rings. The van der Waals surface area contributed by atoms with Gasteiger partial charge in [-0.25, -0.2) is 5.90 Å². The largest absolute Gasteiger partial charge is 0.480 e. The molecule has 1 heterocycles. The van der Waals surface area contributed by atoms with Crippen molar-refractivity contribution >= 4 is 34.6 Å². The first-order chi connectivity index (χ1) is 15.8. The van der Waals surface area contributed by atoms with Crippen molar-refractivity contribution in [3.05, 3.63) is 36.0 Å². The van der Waals surface area contributed by atoms with E-state index in [0.717, 1.165) is 16.5 Å². The molecule has 180 valence electrons. The van der Waals surface area contributed by atoms with E-state index in [1.54, 1.807) is 6.20 Å². The molecule has 0 saturated carbocycles. The second-order valence-corrected chi connectivity index (χ2v) is 7.45. The molecule has 9 N–H and O–H groups in total. The van der Waals surface area contributed by atoms with Gasteiger partial charge in [0.2, 0.25) is 17.7 Å². The maximum Gasteiger partial charge on any atom is 0.322 e. The number of aliphatic carboxylic acids is 1. The Kier molecular flexibility index (Phi) is 10.3. The fourth-order valence-corrected chi connectivity index (χ4v) is 3.36. The molecule has 12 nitrogen and oxygen atoms in total. The lowest BCUT2D eigenvalue weighted by Gasteiger charge is -2.23. The topological polar surface area (TPSA) is 202 Å². The number of fused-ring (bicyclic) bond motifs is 1. The SMILES string of the molecule is NCCCC[C@H](NC(=O)[C@H](Cc1c[nH]c2ccccc12)NC(=O)CON)C(=O)NCC(=O)O. The number of carboxylic acids is 1. The number of carbonyl (C=O) groups excluding carboxylic acids is 3. The molecule has 3 amide bonds. The van der Waals surface area contributed by atoms with Gasteiger partial charge in [0.05, 0.1) is 0 Å². The molecule has 0 aliphatic carbocycles. The van der Waals surface area contributed by atoms with Gasteiger partial charge in [-0.15, -0.1) is 0 Å². The highest BCUT2D eigenvalue weighted by atomic mass is 16.6. The fraction of sp³-hybridized carbons (Fsp3) is 0.429. The Labute approximate surface area is 190 Å². The minimum absolute atomic E-state index is 0.137. The van der Waals surface area contributed by atoms with Crippen molar-refractivity contribution in [2.24, 2.45) is 11.6 Å². The van der Waals surface area contributed by atoms with E-state index in [0.29, 0.717) is 19.4 Å². The lowest BCUT2D eigenvalue weighted by molar-refractivity contribution is -0.138. The number of aromatic amines is 1. The zero-order chi connectivity index (χ0) is 24.2. The molecule has 0 aliphatic rings. The Hall–Kier alpha value is -3.48. The summed E-state index contributed by atoms with van der Waals surface area (Å²) in [6, 6.07) is 5.47. The van der Waals surface area contributed by atoms with Crippen LogP contribution >= 0.6 is 0 Å². The summed E-state index contributed by atoms with van der Waals surface area (Å²) in [4.78, 5) is 55.9. The van der Waals surface area contributed by atoms with E-state index in [1.165, 1.54) is 0 Å². The highest BCUT2D eigenvalue weighted by Gasteiger charge is 2.27. The van der Waals surface area contributed by atoms with Crippen LogP contribution in [0.4, 0.5) is 0 Å². The molecule has 1 aromatic heterocycles. The molecular formula is C21H30N6O6. The first kappa shape index (κ1) is 25.8. The molecule has 0 aliphatic heterocycles. The lowest BCUT2D eigenvalue weighted by Crippen LogP contribution is -2.55. The third-order valence-corrected chi connectivity index (χ3v) is 4.96. The van der Waals surface area contributed by atoms with Gasteiger partial charge >= 0.3 is 5.97 Å². The van der Waals surface area contributed by atoms with Crippen molar-refractivity contribution in [3.8, 4) is 0 Å². The van der Waals surface area contributed by atoms with Gasteiger partial charge in [0.1, 0.15) is 25.2 Å². The first-order valence-corrected chi connectivity index (χ1v) is 10.5. The summed E-state index contributed by atoms with van der Waals surface area (Å²) in [6.07, 6.45) is 3.31. The number of hydrogen-bond acceptors (Lipinski definition) is 7. The monoisotopic (exact) mass is 462 g/mol. The van der Waals surface area contributed by atoms with Crippen LogP contribution in [0.25, 0.3) is 10.9 Å². The number of para-hydroxylation sites is 1. The molecule has 0 spiro atoms. The Morgan fingerprint density at radius 1 is 1.06 bits per heavy atom. The van der Waals surface area contributed by atoms with E-state index in [-0.39, 0.29) is 12.8 Å². The molecular weight excluding hydrogens is 432 g/mol. The van der Waals surface area contributed by atoms with E-state index >= 15 is 0 Å². The maximum absolute atomic E-state index is 13.1. The summed E-state index contributed by atoms with van der Waals surface area (Å²) in [6.45, 7) is -0.613. The number of aromatic nitrogens is 1. The van der Waals surface area contributed by atoms with Crippen LogP contribution in [-0.4, -0.2) is 65.6 Å². The average Bonchev–Trinajstić information content (AvgIpc) is 3.19. The minimum atomic E-state index is -1.21. The number of nitrogens with two attached hydrogens (primary N) is 2. The second kappa shape index (κ2) is 13.2. The van der Waals surface area contributed by atoms with Gasteiger partial charge in [-0.2, -0.15) is 0 Å². The van der Waals surface area contributed by atoms with Crippen LogP contribution in [0.3, 0.4) is 0 Å². The summed E-state index contributed by atoms with van der Waals surface area (Å²) in [5, 5.41) is 17.2. The number of rotatable bonds is 14. The third kappa shape index (κ3) is 8.18. The van der Waals surface area contributed by atoms with Gasteiger partial charge in [0, 0.05) is 23.5 Å². The molecule has 2 rings (SSSR count). The Bertz CT molecular complexity index is 962. The number of H-pyrrole nitrogens is 1. The predicted molar refractivity (Wildman–Crippen MR) is 120 cm³/mol. The highest BCUT2D eigenvalue weighted by Crippen LogP contribution is 2.19. The van der Waals surface area contributed by atoms with Crippen LogP contribution in [0.5, 0.6) is 0 Å². The highest BCUT2D eigenvalue weighted by molar-refractivity contribution is 5.93. The molecule has 1 aromatic carbocycles. The van der Waals surface area contributed by atoms with Gasteiger partial charge in [-0.05, 0) is 37.4 Å². The van der Waals surface area contributed by atoms with Gasteiger partial charge in [0.15, 0.2) is 0 Å². The first-order valence-electron chi connectivity index (χ1n) is 10.5. The number of amides is 3. The van der Waals surface area contributed by atoms with Crippen LogP contribution in [0.2, 0.25) is 0 Å². The van der Waals surface area contributed by atoms with Crippen LogP contribution in [-0.2, 0) is 30.4 Å². The van der Waals surface area contributed by atoms with Gasteiger partial charge in [-0.3, -0.25) is 24.0 Å². The number of carbonyl (C=O) groups is 4. The molecule has 0 saturated heterocycles. The molecule has 2 aromatic rings. The summed E-state index contributed by atoms with van der Waals surface area (Å²) < 4.78 is 0. The molecule has 12 heteroatoms. The quantitative estimate of drug-likeness (QED) is 0.135. The Morgan fingerprint density at radius 3 is 2.52 bits per heavy atom. The van der Waals surface area contributed by atoms with Crippen molar-refractivity contribution in [1.29, 1.82) is 0 Å². The minimum Gasteiger partial charge on any atom is -0.480 e. The maximum atomic E-state index is 13.1. The number of nitrogens with one attached hydrogen (secondary N) is 4. The summed E-state index contributed by atoms with van der Waals surface area (Å²) in [5.74, 6) is 1.91. The molecule has 2 atom stereocenters. The van der Waals surface area contributed by atoms with E-state index in [1.807, 2.05) is 24.3 Å². The lowest BCUT2D eigenvalue weighted by atomic mass is 10.0. The zero-order valence-electron chi connectivity index (χ0n) is 18.1. The van der Waals surface area contributed by atoms with Crippen LogP contribution in [0.1, 0.15) is 24.8 Å². The van der Waals surface area contributed by atoms with Crippen LogP contribution in [0, 0.1) is 0 Å². The van der Waals surface area contributed by atoms with Crippen molar-refractivity contribution in [2.45, 2.75) is 37.8 Å². The van der Waals surface area contributed by atoms with E-state index < -0.39 is 48.9 Å². The normalized spacial score (nSPS) is 12.7. The Morgan fingerprint density at radius 2 is 1.82 bits per heavy atom. The summed E-state index contributed by atoms with van der Waals surface area (Å²) >= 11 is 0.